The second kappa shape index (κ2) is 6.98. The Labute approximate surface area is 169 Å². The standard InChI is InChI=1S/C22H37N3OS/c1-13(24-25-20(23)27)17-6-7-18-16-5-4-14-12-15(26)8-10-21(14,2)19(16)9-11-22(17,18)3/h14-19,26H,4-12H2,1-3H3,(H3,23,25,27)/b24-13-/t14-,15+,16-,17+,18-,19-,21-,22+/m0/s1. The first-order valence-corrected chi connectivity index (χ1v) is 11.4. The molecule has 5 heteroatoms. The third-order valence-electron chi connectivity index (χ3n) is 9.48. The second-order valence-corrected chi connectivity index (χ2v) is 10.9. The Morgan fingerprint density at radius 1 is 1.04 bits per heavy atom. The minimum absolute atomic E-state index is 0.0515. The van der Waals surface area contributed by atoms with Gasteiger partial charge in [-0.2, -0.15) is 5.10 Å². The van der Waals surface area contributed by atoms with Gasteiger partial charge in [0.25, 0.3) is 0 Å². The van der Waals surface area contributed by atoms with Gasteiger partial charge < -0.3 is 10.8 Å². The number of nitrogens with one attached hydrogen (secondary N) is 1. The summed E-state index contributed by atoms with van der Waals surface area (Å²) < 4.78 is 0. The SMILES string of the molecule is C/C(=N/NC(N)=S)[C@H]1CC[C@H]2[C@@H]3CC[C@H]4C[C@H](O)CC[C@]4(C)[C@H]3CC[C@]12C. The highest BCUT2D eigenvalue weighted by molar-refractivity contribution is 7.80. The minimum Gasteiger partial charge on any atom is -0.393 e. The van der Waals surface area contributed by atoms with E-state index in [1.165, 1.54) is 50.7 Å². The summed E-state index contributed by atoms with van der Waals surface area (Å²) in [6.07, 6.45) is 11.2. The summed E-state index contributed by atoms with van der Waals surface area (Å²) in [6, 6.07) is 0. The largest absolute Gasteiger partial charge is 0.393 e. The highest BCUT2D eigenvalue weighted by Gasteiger charge is 2.60. The molecule has 4 aliphatic rings. The number of rotatable bonds is 2. The van der Waals surface area contributed by atoms with Crippen molar-refractivity contribution in [3.63, 3.8) is 0 Å². The molecule has 0 unspecified atom stereocenters. The van der Waals surface area contributed by atoms with E-state index in [2.05, 4.69) is 31.3 Å². The monoisotopic (exact) mass is 391 g/mol. The van der Waals surface area contributed by atoms with E-state index in [0.717, 1.165) is 36.5 Å². The fourth-order valence-corrected chi connectivity index (χ4v) is 8.19. The fraction of sp³-hybridized carbons (Fsp3) is 0.909. The normalized spacial score (nSPS) is 49.7. The van der Waals surface area contributed by atoms with Crippen LogP contribution in [0, 0.1) is 40.4 Å². The quantitative estimate of drug-likeness (QED) is 0.374. The van der Waals surface area contributed by atoms with Gasteiger partial charge in [0.15, 0.2) is 5.11 Å². The third kappa shape index (κ3) is 3.13. The lowest BCUT2D eigenvalue weighted by molar-refractivity contribution is -0.123. The molecule has 0 radical (unpaired) electrons. The molecule has 4 saturated carbocycles. The molecule has 0 aliphatic heterocycles. The van der Waals surface area contributed by atoms with E-state index in [9.17, 15) is 5.11 Å². The molecule has 4 nitrogen and oxygen atoms in total. The van der Waals surface area contributed by atoms with Crippen molar-refractivity contribution in [2.75, 3.05) is 0 Å². The number of aliphatic hydroxyl groups excluding tert-OH is 1. The molecule has 0 heterocycles. The van der Waals surface area contributed by atoms with Crippen LogP contribution < -0.4 is 11.2 Å². The van der Waals surface area contributed by atoms with Crippen molar-refractivity contribution in [3.05, 3.63) is 0 Å². The zero-order chi connectivity index (χ0) is 19.4. The smallest absolute Gasteiger partial charge is 0.184 e. The Morgan fingerprint density at radius 2 is 1.74 bits per heavy atom. The van der Waals surface area contributed by atoms with Crippen LogP contribution in [0.3, 0.4) is 0 Å². The van der Waals surface area contributed by atoms with Crippen LogP contribution in [0.25, 0.3) is 0 Å². The molecule has 4 aliphatic carbocycles. The number of hydrogen-bond donors (Lipinski definition) is 3. The van der Waals surface area contributed by atoms with Crippen molar-refractivity contribution in [1.82, 2.24) is 5.43 Å². The lowest BCUT2D eigenvalue weighted by Gasteiger charge is -2.61. The van der Waals surface area contributed by atoms with Crippen LogP contribution in [-0.2, 0) is 0 Å². The van der Waals surface area contributed by atoms with Gasteiger partial charge in [-0.15, -0.1) is 0 Å². The maximum Gasteiger partial charge on any atom is 0.184 e. The predicted molar refractivity (Wildman–Crippen MR) is 114 cm³/mol. The van der Waals surface area contributed by atoms with Crippen molar-refractivity contribution < 1.29 is 5.11 Å². The Morgan fingerprint density at radius 3 is 2.48 bits per heavy atom. The zero-order valence-corrected chi connectivity index (χ0v) is 18.0. The van der Waals surface area contributed by atoms with Gasteiger partial charge in [-0.25, -0.2) is 0 Å². The van der Waals surface area contributed by atoms with E-state index in [1.807, 2.05) is 0 Å². The van der Waals surface area contributed by atoms with E-state index in [0.29, 0.717) is 16.7 Å². The molecule has 0 bridgehead atoms. The molecular weight excluding hydrogens is 354 g/mol. The molecule has 4 N–H and O–H groups in total. The van der Waals surface area contributed by atoms with Crippen LogP contribution in [0.15, 0.2) is 5.10 Å². The highest BCUT2D eigenvalue weighted by Crippen LogP contribution is 2.67. The van der Waals surface area contributed by atoms with Gasteiger partial charge in [-0.3, -0.25) is 5.43 Å². The average molecular weight is 392 g/mol. The van der Waals surface area contributed by atoms with Crippen molar-refractivity contribution in [2.45, 2.75) is 84.7 Å². The van der Waals surface area contributed by atoms with Crippen LogP contribution >= 0.6 is 12.2 Å². The molecule has 0 aromatic heterocycles. The summed E-state index contributed by atoms with van der Waals surface area (Å²) in [5.41, 5.74) is 10.4. The summed E-state index contributed by atoms with van der Waals surface area (Å²) in [5, 5.41) is 15.0. The molecule has 0 aromatic rings. The van der Waals surface area contributed by atoms with Crippen molar-refractivity contribution in [1.29, 1.82) is 0 Å². The highest BCUT2D eigenvalue weighted by atomic mass is 32.1. The summed E-state index contributed by atoms with van der Waals surface area (Å²) in [4.78, 5) is 0. The van der Waals surface area contributed by atoms with Crippen LogP contribution in [-0.4, -0.2) is 22.0 Å². The van der Waals surface area contributed by atoms with Gasteiger partial charge in [0.1, 0.15) is 0 Å². The summed E-state index contributed by atoms with van der Waals surface area (Å²) in [6.45, 7) is 7.25. The van der Waals surface area contributed by atoms with Gasteiger partial charge in [0.05, 0.1) is 6.10 Å². The van der Waals surface area contributed by atoms with Crippen LogP contribution in [0.2, 0.25) is 0 Å². The Kier molecular flexibility index (Phi) is 5.07. The molecule has 4 rings (SSSR count). The first-order chi connectivity index (χ1) is 12.8. The molecule has 4 fully saturated rings. The molecular formula is C22H37N3OS. The van der Waals surface area contributed by atoms with E-state index in [4.69, 9.17) is 18.0 Å². The molecule has 27 heavy (non-hydrogen) atoms. The second-order valence-electron chi connectivity index (χ2n) is 10.5. The van der Waals surface area contributed by atoms with Gasteiger partial charge >= 0.3 is 0 Å². The number of nitrogens with zero attached hydrogens (tertiary/aromatic N) is 1. The van der Waals surface area contributed by atoms with Crippen molar-refractivity contribution in [2.24, 2.45) is 51.3 Å². The molecule has 0 spiro atoms. The molecule has 0 saturated heterocycles. The number of hydrazone groups is 1. The zero-order valence-electron chi connectivity index (χ0n) is 17.2. The van der Waals surface area contributed by atoms with Gasteiger partial charge in [-0.1, -0.05) is 13.8 Å². The first-order valence-electron chi connectivity index (χ1n) is 11.0. The lowest BCUT2D eigenvalue weighted by Crippen LogP contribution is -2.54. The van der Waals surface area contributed by atoms with Crippen molar-refractivity contribution >= 4 is 23.0 Å². The van der Waals surface area contributed by atoms with Gasteiger partial charge in [0, 0.05) is 11.6 Å². The predicted octanol–water partition coefficient (Wildman–Crippen LogP) is 4.22. The van der Waals surface area contributed by atoms with E-state index >= 15 is 0 Å². The number of thiocarbonyl (C=S) groups is 1. The minimum atomic E-state index is -0.0515. The molecule has 8 atom stereocenters. The summed E-state index contributed by atoms with van der Waals surface area (Å²) in [5.74, 6) is 3.82. The molecule has 0 aromatic carbocycles. The molecule has 0 amide bonds. The van der Waals surface area contributed by atoms with Crippen LogP contribution in [0.1, 0.15) is 78.6 Å². The first kappa shape index (κ1) is 19.6. The Hall–Kier alpha value is -0.680. The van der Waals surface area contributed by atoms with E-state index in [1.54, 1.807) is 0 Å². The number of hydrogen-bond acceptors (Lipinski definition) is 3. The number of aliphatic hydroxyl groups is 1. The average Bonchev–Trinajstić information content (AvgIpc) is 2.97. The van der Waals surface area contributed by atoms with Crippen LogP contribution in [0.5, 0.6) is 0 Å². The van der Waals surface area contributed by atoms with E-state index < -0.39 is 0 Å². The topological polar surface area (TPSA) is 70.6 Å². The number of fused-ring (bicyclic) bond motifs is 5. The van der Waals surface area contributed by atoms with Crippen LogP contribution in [0.4, 0.5) is 0 Å². The fourth-order valence-electron chi connectivity index (χ4n) is 8.14. The summed E-state index contributed by atoms with van der Waals surface area (Å²) >= 11 is 4.92. The van der Waals surface area contributed by atoms with Crippen molar-refractivity contribution in [3.8, 4) is 0 Å². The third-order valence-corrected chi connectivity index (χ3v) is 9.58. The Bertz CT molecular complexity index is 637. The Balaban J connectivity index is 1.55. The summed E-state index contributed by atoms with van der Waals surface area (Å²) in [7, 11) is 0. The van der Waals surface area contributed by atoms with E-state index in [-0.39, 0.29) is 11.2 Å². The maximum atomic E-state index is 10.2. The van der Waals surface area contributed by atoms with Gasteiger partial charge in [0.2, 0.25) is 0 Å². The lowest BCUT2D eigenvalue weighted by atomic mass is 9.44. The van der Waals surface area contributed by atoms with Gasteiger partial charge in [-0.05, 0) is 111 Å². The number of nitrogens with two attached hydrogens (primary N) is 1. The molecule has 152 valence electrons. The maximum absolute atomic E-state index is 10.2.